The highest BCUT2D eigenvalue weighted by molar-refractivity contribution is 5.94. The Labute approximate surface area is 164 Å². The summed E-state index contributed by atoms with van der Waals surface area (Å²) in [6, 6.07) is 7.83. The number of halogens is 3. The zero-order valence-corrected chi connectivity index (χ0v) is 16.4. The fourth-order valence-electron chi connectivity index (χ4n) is 4.09. The number of piperidine rings is 1. The van der Waals surface area contributed by atoms with Gasteiger partial charge < -0.3 is 4.57 Å². The van der Waals surface area contributed by atoms with Crippen LogP contribution in [-0.4, -0.2) is 28.3 Å². The van der Waals surface area contributed by atoms with Gasteiger partial charge in [0.25, 0.3) is 0 Å². The van der Waals surface area contributed by atoms with Gasteiger partial charge in [0.2, 0.25) is 0 Å². The number of aryl methyl sites for hydroxylation is 2. The number of aromatic nitrogens is 1. The summed E-state index contributed by atoms with van der Waals surface area (Å²) in [5, 5.41) is 0. The molecule has 2 heterocycles. The Hall–Kier alpha value is -2.08. The van der Waals surface area contributed by atoms with Crippen molar-refractivity contribution in [1.82, 2.24) is 9.47 Å². The van der Waals surface area contributed by atoms with Crippen molar-refractivity contribution in [3.8, 4) is 0 Å². The molecule has 1 aliphatic rings. The summed E-state index contributed by atoms with van der Waals surface area (Å²) in [5.74, 6) is 0.448. The molecule has 1 atom stereocenters. The van der Waals surface area contributed by atoms with E-state index in [0.29, 0.717) is 17.9 Å². The van der Waals surface area contributed by atoms with Gasteiger partial charge in [-0.3, -0.25) is 9.69 Å². The molecule has 28 heavy (non-hydrogen) atoms. The maximum absolute atomic E-state index is 13.2. The Morgan fingerprint density at radius 2 is 2.00 bits per heavy atom. The number of Topliss-reactive ketones (excluding diaryl/α,β-unsaturated/α-hetero) is 1. The number of hydrogen-bond donors (Lipinski definition) is 0. The van der Waals surface area contributed by atoms with Crippen LogP contribution < -0.4 is 0 Å². The highest BCUT2D eigenvalue weighted by Crippen LogP contribution is 2.33. The van der Waals surface area contributed by atoms with Crippen LogP contribution in [0, 0.1) is 5.92 Å². The Morgan fingerprint density at radius 3 is 2.68 bits per heavy atom. The first-order valence-electron chi connectivity index (χ1n) is 9.77. The van der Waals surface area contributed by atoms with Crippen molar-refractivity contribution in [1.29, 1.82) is 0 Å². The third-order valence-corrected chi connectivity index (χ3v) is 5.65. The number of carbonyl (C=O) groups excluding carboxylic acids is 1. The summed E-state index contributed by atoms with van der Waals surface area (Å²) in [7, 11) is 1.94. The van der Waals surface area contributed by atoms with Gasteiger partial charge >= 0.3 is 6.18 Å². The van der Waals surface area contributed by atoms with Crippen molar-refractivity contribution in [2.45, 2.75) is 45.3 Å². The van der Waals surface area contributed by atoms with Crippen LogP contribution in [0.2, 0.25) is 0 Å². The van der Waals surface area contributed by atoms with E-state index in [1.54, 1.807) is 19.1 Å². The van der Waals surface area contributed by atoms with Gasteiger partial charge in [0.05, 0.1) is 5.56 Å². The van der Waals surface area contributed by atoms with Crippen LogP contribution in [0.15, 0.2) is 36.5 Å². The summed E-state index contributed by atoms with van der Waals surface area (Å²) >= 11 is 0. The van der Waals surface area contributed by atoms with Gasteiger partial charge in [-0.15, -0.1) is 0 Å². The smallest absolute Gasteiger partial charge is 0.353 e. The standard InChI is InChI=1S/C22H27F3N2O/c1-16(28)19-12-20(26(2)14-19)15-27-11-5-6-17(13-27)9-10-18-7-3-4-8-21(18)22(23,24)25/h3-4,7-8,12,14,17H,5-6,9-11,13,15H2,1-2H3/t17-/m0/s1. The van der Waals surface area contributed by atoms with Crippen molar-refractivity contribution in [2.24, 2.45) is 13.0 Å². The van der Waals surface area contributed by atoms with E-state index in [1.807, 2.05) is 23.9 Å². The number of benzene rings is 1. The molecule has 6 heteroatoms. The Morgan fingerprint density at radius 1 is 1.25 bits per heavy atom. The molecule has 1 aliphatic heterocycles. The van der Waals surface area contributed by atoms with Crippen molar-refractivity contribution < 1.29 is 18.0 Å². The molecule has 152 valence electrons. The Kier molecular flexibility index (Phi) is 6.28. The maximum atomic E-state index is 13.2. The number of ketones is 1. The molecule has 0 radical (unpaired) electrons. The summed E-state index contributed by atoms with van der Waals surface area (Å²) < 4.78 is 41.5. The van der Waals surface area contributed by atoms with Crippen molar-refractivity contribution in [3.05, 3.63) is 58.9 Å². The second-order valence-corrected chi connectivity index (χ2v) is 7.82. The topological polar surface area (TPSA) is 25.2 Å². The van der Waals surface area contributed by atoms with E-state index in [-0.39, 0.29) is 5.78 Å². The third-order valence-electron chi connectivity index (χ3n) is 5.65. The second kappa shape index (κ2) is 8.52. The van der Waals surface area contributed by atoms with Gasteiger partial charge in [0, 0.05) is 37.6 Å². The normalized spacial score (nSPS) is 18.4. The fraction of sp³-hybridized carbons (Fsp3) is 0.500. The van der Waals surface area contributed by atoms with Crippen LogP contribution in [0.5, 0.6) is 0 Å². The molecule has 0 bridgehead atoms. The number of carbonyl (C=O) groups is 1. The summed E-state index contributed by atoms with van der Waals surface area (Å²) in [6.45, 7) is 4.19. The molecule has 0 amide bonds. The predicted octanol–water partition coefficient (Wildman–Crippen LogP) is 5.09. The molecule has 0 saturated carbocycles. The molecule has 3 nitrogen and oxygen atoms in total. The minimum Gasteiger partial charge on any atom is -0.353 e. The van der Waals surface area contributed by atoms with Crippen molar-refractivity contribution in [3.63, 3.8) is 0 Å². The lowest BCUT2D eigenvalue weighted by molar-refractivity contribution is -0.138. The molecule has 0 aliphatic carbocycles. The molecular formula is C22H27F3N2O. The lowest BCUT2D eigenvalue weighted by Gasteiger charge is -2.33. The van der Waals surface area contributed by atoms with Crippen LogP contribution in [0.3, 0.4) is 0 Å². The van der Waals surface area contributed by atoms with Gasteiger partial charge in [-0.25, -0.2) is 0 Å². The van der Waals surface area contributed by atoms with E-state index in [9.17, 15) is 18.0 Å². The lowest BCUT2D eigenvalue weighted by atomic mass is 9.90. The highest BCUT2D eigenvalue weighted by Gasteiger charge is 2.33. The van der Waals surface area contributed by atoms with Crippen LogP contribution in [0.1, 0.15) is 53.4 Å². The number of likely N-dealkylation sites (tertiary alicyclic amines) is 1. The lowest BCUT2D eigenvalue weighted by Crippen LogP contribution is -2.35. The first-order valence-corrected chi connectivity index (χ1v) is 9.77. The predicted molar refractivity (Wildman–Crippen MR) is 103 cm³/mol. The van der Waals surface area contributed by atoms with E-state index in [0.717, 1.165) is 50.2 Å². The number of rotatable bonds is 6. The molecule has 1 aromatic carbocycles. The molecule has 1 saturated heterocycles. The van der Waals surface area contributed by atoms with Crippen molar-refractivity contribution >= 4 is 5.78 Å². The fourth-order valence-corrected chi connectivity index (χ4v) is 4.09. The largest absolute Gasteiger partial charge is 0.416 e. The van der Waals surface area contributed by atoms with E-state index in [2.05, 4.69) is 4.90 Å². The zero-order valence-electron chi connectivity index (χ0n) is 16.4. The molecule has 1 fully saturated rings. The average molecular weight is 392 g/mol. The first-order chi connectivity index (χ1) is 13.2. The molecule has 3 rings (SSSR count). The maximum Gasteiger partial charge on any atom is 0.416 e. The molecule has 0 N–H and O–H groups in total. The van der Waals surface area contributed by atoms with E-state index < -0.39 is 11.7 Å². The zero-order chi connectivity index (χ0) is 20.3. The van der Waals surface area contributed by atoms with Gasteiger partial charge in [-0.2, -0.15) is 13.2 Å². The van der Waals surface area contributed by atoms with E-state index >= 15 is 0 Å². The number of nitrogens with zero attached hydrogens (tertiary/aromatic N) is 2. The molecular weight excluding hydrogens is 365 g/mol. The van der Waals surface area contributed by atoms with E-state index in [4.69, 9.17) is 0 Å². The van der Waals surface area contributed by atoms with Crippen molar-refractivity contribution in [2.75, 3.05) is 13.1 Å². The summed E-state index contributed by atoms with van der Waals surface area (Å²) in [5.41, 5.74) is 1.69. The van der Waals surface area contributed by atoms with Crippen LogP contribution in [-0.2, 0) is 26.2 Å². The van der Waals surface area contributed by atoms with Crippen LogP contribution >= 0.6 is 0 Å². The molecule has 0 unspecified atom stereocenters. The third kappa shape index (κ3) is 5.04. The first kappa shape index (κ1) is 20.6. The monoisotopic (exact) mass is 392 g/mol. The van der Waals surface area contributed by atoms with E-state index in [1.165, 1.54) is 12.1 Å². The van der Waals surface area contributed by atoms with Crippen LogP contribution in [0.25, 0.3) is 0 Å². The average Bonchev–Trinajstić information content (AvgIpc) is 3.01. The summed E-state index contributed by atoms with van der Waals surface area (Å²) in [6.07, 6.45) is 0.873. The number of alkyl halides is 3. The van der Waals surface area contributed by atoms with Gasteiger partial charge in [0.15, 0.2) is 5.78 Å². The Bertz CT molecular complexity index is 825. The highest BCUT2D eigenvalue weighted by atomic mass is 19.4. The van der Waals surface area contributed by atoms with Gasteiger partial charge in [-0.1, -0.05) is 18.2 Å². The SMILES string of the molecule is CC(=O)c1cc(CN2CCC[C@@H](CCc3ccccc3C(F)(F)F)C2)n(C)c1. The molecule has 1 aromatic heterocycles. The second-order valence-electron chi connectivity index (χ2n) is 7.82. The minimum absolute atomic E-state index is 0.0571. The van der Waals surface area contributed by atoms with Crippen LogP contribution in [0.4, 0.5) is 13.2 Å². The quantitative estimate of drug-likeness (QED) is 0.640. The molecule has 0 spiro atoms. The summed E-state index contributed by atoms with van der Waals surface area (Å²) in [4.78, 5) is 13.9. The molecule has 2 aromatic rings. The van der Waals surface area contributed by atoms with Gasteiger partial charge in [0.1, 0.15) is 0 Å². The Balaban J connectivity index is 1.60. The minimum atomic E-state index is -4.30. The van der Waals surface area contributed by atoms with Gasteiger partial charge in [-0.05, 0) is 62.8 Å². The number of hydrogen-bond acceptors (Lipinski definition) is 2.